The minimum absolute atomic E-state index is 0.572. The number of nitrogens with two attached hydrogens (primary N) is 1. The van der Waals surface area contributed by atoms with E-state index < -0.39 is 0 Å². The van der Waals surface area contributed by atoms with Crippen molar-refractivity contribution in [3.63, 3.8) is 0 Å². The Balaban J connectivity index is 1.46. The number of anilines is 4. The molecule has 0 unspecified atom stereocenters. The fourth-order valence-corrected chi connectivity index (χ4v) is 4.08. The molecule has 6 nitrogen and oxygen atoms in total. The summed E-state index contributed by atoms with van der Waals surface area (Å²) in [6.45, 7) is 3.94. The van der Waals surface area contributed by atoms with E-state index in [4.69, 9.17) is 10.5 Å². The number of methoxy groups -OCH3 is 1. The van der Waals surface area contributed by atoms with Gasteiger partial charge in [-0.2, -0.15) is 0 Å². The lowest BCUT2D eigenvalue weighted by atomic mass is 9.90. The highest BCUT2D eigenvalue weighted by Crippen LogP contribution is 2.34. The second-order valence-electron chi connectivity index (χ2n) is 7.91. The summed E-state index contributed by atoms with van der Waals surface area (Å²) < 4.78 is 5.46. The van der Waals surface area contributed by atoms with Crippen LogP contribution in [-0.2, 0) is 6.42 Å². The Labute approximate surface area is 178 Å². The van der Waals surface area contributed by atoms with Crippen LogP contribution in [0.15, 0.2) is 54.9 Å². The van der Waals surface area contributed by atoms with Crippen LogP contribution >= 0.6 is 0 Å². The van der Waals surface area contributed by atoms with E-state index in [9.17, 15) is 0 Å². The van der Waals surface area contributed by atoms with Gasteiger partial charge in [0.15, 0.2) is 11.6 Å². The smallest absolute Gasteiger partial charge is 0.159 e. The van der Waals surface area contributed by atoms with Gasteiger partial charge in [-0.25, -0.2) is 9.97 Å². The van der Waals surface area contributed by atoms with Gasteiger partial charge in [0.1, 0.15) is 17.8 Å². The number of ether oxygens (including phenoxy) is 1. The predicted octanol–water partition coefficient (Wildman–Crippen LogP) is 4.58. The monoisotopic (exact) mass is 403 g/mol. The highest BCUT2D eigenvalue weighted by Gasteiger charge is 2.23. The zero-order valence-corrected chi connectivity index (χ0v) is 17.6. The first-order chi connectivity index (χ1) is 14.6. The van der Waals surface area contributed by atoms with Crippen LogP contribution < -0.4 is 20.7 Å². The van der Waals surface area contributed by atoms with Gasteiger partial charge in [-0.05, 0) is 55.4 Å². The zero-order chi connectivity index (χ0) is 20.9. The largest absolute Gasteiger partial charge is 0.495 e. The molecule has 3 N–H and O–H groups in total. The van der Waals surface area contributed by atoms with E-state index in [1.165, 1.54) is 5.56 Å². The third kappa shape index (κ3) is 4.48. The number of hydrogen-bond donors (Lipinski definition) is 2. The third-order valence-electron chi connectivity index (χ3n) is 5.75. The lowest BCUT2D eigenvalue weighted by molar-refractivity contribution is 0.402. The molecule has 0 spiro atoms. The number of aryl methyl sites for hydroxylation is 1. The molecule has 2 heterocycles. The van der Waals surface area contributed by atoms with Crippen molar-refractivity contribution in [1.82, 2.24) is 9.97 Å². The molecule has 1 fully saturated rings. The minimum Gasteiger partial charge on any atom is -0.495 e. The summed E-state index contributed by atoms with van der Waals surface area (Å²) in [5, 5.41) is 3.33. The molecule has 3 aromatic rings. The van der Waals surface area contributed by atoms with Gasteiger partial charge in [-0.1, -0.05) is 36.4 Å². The van der Waals surface area contributed by atoms with Crippen molar-refractivity contribution >= 4 is 23.0 Å². The molecule has 1 saturated heterocycles. The van der Waals surface area contributed by atoms with Crippen molar-refractivity contribution in [3.8, 4) is 5.75 Å². The molecule has 0 aliphatic carbocycles. The zero-order valence-electron chi connectivity index (χ0n) is 17.6. The second kappa shape index (κ2) is 9.03. The molecule has 0 bridgehead atoms. The van der Waals surface area contributed by atoms with Crippen LogP contribution in [0.5, 0.6) is 5.75 Å². The number of rotatable bonds is 6. The summed E-state index contributed by atoms with van der Waals surface area (Å²) in [6, 6.07) is 16.7. The van der Waals surface area contributed by atoms with Crippen LogP contribution in [0.25, 0.3) is 0 Å². The van der Waals surface area contributed by atoms with Gasteiger partial charge in [0.05, 0.1) is 12.8 Å². The van der Waals surface area contributed by atoms with Gasteiger partial charge >= 0.3 is 0 Å². The van der Waals surface area contributed by atoms with Gasteiger partial charge in [-0.15, -0.1) is 0 Å². The van der Waals surface area contributed by atoms with Gasteiger partial charge in [0, 0.05) is 13.1 Å². The topological polar surface area (TPSA) is 76.3 Å². The van der Waals surface area contributed by atoms with Crippen LogP contribution in [0.3, 0.4) is 0 Å². The lowest BCUT2D eigenvalue weighted by Crippen LogP contribution is -2.35. The Kier molecular flexibility index (Phi) is 6.02. The van der Waals surface area contributed by atoms with Crippen LogP contribution in [0.1, 0.15) is 24.0 Å². The molecule has 1 aliphatic rings. The first kappa shape index (κ1) is 20.0. The number of aromatic nitrogens is 2. The Morgan fingerprint density at radius 3 is 2.60 bits per heavy atom. The summed E-state index contributed by atoms with van der Waals surface area (Å²) in [5.74, 6) is 2.86. The normalized spacial score (nSPS) is 14.5. The fourth-order valence-electron chi connectivity index (χ4n) is 4.08. The fraction of sp³-hybridized carbons (Fsp3) is 0.333. The Morgan fingerprint density at radius 1 is 1.10 bits per heavy atom. The maximum absolute atomic E-state index is 6.48. The van der Waals surface area contributed by atoms with Crippen LogP contribution in [-0.4, -0.2) is 30.2 Å². The van der Waals surface area contributed by atoms with Gasteiger partial charge in [0.25, 0.3) is 0 Å². The quantitative estimate of drug-likeness (QED) is 0.627. The molecule has 156 valence electrons. The summed E-state index contributed by atoms with van der Waals surface area (Å²) in [4.78, 5) is 11.1. The highest BCUT2D eigenvalue weighted by atomic mass is 16.5. The maximum Gasteiger partial charge on any atom is 0.159 e. The van der Waals surface area contributed by atoms with Crippen molar-refractivity contribution in [3.05, 3.63) is 66.0 Å². The van der Waals surface area contributed by atoms with E-state index >= 15 is 0 Å². The second-order valence-corrected chi connectivity index (χ2v) is 7.91. The van der Waals surface area contributed by atoms with Gasteiger partial charge in [-0.3, -0.25) is 0 Å². The van der Waals surface area contributed by atoms with E-state index in [0.29, 0.717) is 17.4 Å². The molecule has 4 rings (SSSR count). The molecule has 30 heavy (non-hydrogen) atoms. The summed E-state index contributed by atoms with van der Waals surface area (Å²) in [7, 11) is 1.66. The van der Waals surface area contributed by atoms with E-state index in [1.807, 2.05) is 25.1 Å². The minimum atomic E-state index is 0.572. The average molecular weight is 404 g/mol. The van der Waals surface area contributed by atoms with Gasteiger partial charge in [0.2, 0.25) is 0 Å². The first-order valence-corrected chi connectivity index (χ1v) is 10.4. The Morgan fingerprint density at radius 2 is 1.87 bits per heavy atom. The molecular formula is C24H29N5O. The Bertz CT molecular complexity index is 984. The van der Waals surface area contributed by atoms with Crippen LogP contribution in [0, 0.1) is 12.8 Å². The van der Waals surface area contributed by atoms with Gasteiger partial charge < -0.3 is 20.7 Å². The van der Waals surface area contributed by atoms with Crippen molar-refractivity contribution in [2.75, 3.05) is 36.1 Å². The standard InChI is InChI=1S/C24H29N5O/c1-17-8-9-21(30-2)20(14-17)28-23-22(25)24(27-16-26-23)29-12-10-19(11-13-29)15-18-6-4-3-5-7-18/h3-9,14,16,19H,10-13,15,25H2,1-2H3,(H,26,27,28). The first-order valence-electron chi connectivity index (χ1n) is 10.4. The highest BCUT2D eigenvalue weighted by molar-refractivity contribution is 5.80. The van der Waals surface area contributed by atoms with E-state index in [2.05, 4.69) is 50.5 Å². The molecular weight excluding hydrogens is 374 g/mol. The van der Waals surface area contributed by atoms with Crippen molar-refractivity contribution in [2.45, 2.75) is 26.2 Å². The maximum atomic E-state index is 6.48. The number of nitrogens with one attached hydrogen (secondary N) is 1. The number of nitrogens with zero attached hydrogens (tertiary/aromatic N) is 3. The molecule has 0 radical (unpaired) electrons. The number of hydrogen-bond acceptors (Lipinski definition) is 6. The third-order valence-corrected chi connectivity index (χ3v) is 5.75. The van der Waals surface area contributed by atoms with Crippen molar-refractivity contribution < 1.29 is 4.74 Å². The molecule has 0 amide bonds. The number of piperidine rings is 1. The van der Waals surface area contributed by atoms with E-state index in [0.717, 1.165) is 55.2 Å². The van der Waals surface area contributed by atoms with Crippen LogP contribution in [0.2, 0.25) is 0 Å². The lowest BCUT2D eigenvalue weighted by Gasteiger charge is -2.33. The molecule has 0 saturated carbocycles. The van der Waals surface area contributed by atoms with Crippen molar-refractivity contribution in [2.24, 2.45) is 5.92 Å². The Hall–Kier alpha value is -3.28. The average Bonchev–Trinajstić information content (AvgIpc) is 2.77. The number of benzene rings is 2. The summed E-state index contributed by atoms with van der Waals surface area (Å²) in [5.41, 5.74) is 10.4. The molecule has 6 heteroatoms. The number of nitrogen functional groups attached to an aromatic ring is 1. The summed E-state index contributed by atoms with van der Waals surface area (Å²) in [6.07, 6.45) is 4.97. The van der Waals surface area contributed by atoms with E-state index in [1.54, 1.807) is 13.4 Å². The van der Waals surface area contributed by atoms with Crippen molar-refractivity contribution in [1.29, 1.82) is 0 Å². The molecule has 2 aromatic carbocycles. The SMILES string of the molecule is COc1ccc(C)cc1Nc1ncnc(N2CCC(Cc3ccccc3)CC2)c1N. The summed E-state index contributed by atoms with van der Waals surface area (Å²) >= 11 is 0. The molecule has 1 aliphatic heterocycles. The molecule has 1 aromatic heterocycles. The van der Waals surface area contributed by atoms with E-state index in [-0.39, 0.29) is 0 Å². The molecule has 0 atom stereocenters. The predicted molar refractivity (Wildman–Crippen MR) is 123 cm³/mol. The van der Waals surface area contributed by atoms with Crippen LogP contribution in [0.4, 0.5) is 23.0 Å².